The minimum absolute atomic E-state index is 0.807. The van der Waals surface area contributed by atoms with Gasteiger partial charge in [0.15, 0.2) is 0 Å². The van der Waals surface area contributed by atoms with E-state index in [2.05, 4.69) is 23.0 Å². The second-order valence-electron chi connectivity index (χ2n) is 3.92. The van der Waals surface area contributed by atoms with Crippen LogP contribution in [0, 0.1) is 11.8 Å². The molecular weight excluding hydrogens is 166 g/mol. The van der Waals surface area contributed by atoms with Crippen molar-refractivity contribution in [3.8, 4) is 0 Å². The summed E-state index contributed by atoms with van der Waals surface area (Å²) >= 11 is 2.09. The zero-order valence-electron chi connectivity index (χ0n) is 7.12. The van der Waals surface area contributed by atoms with Crippen molar-refractivity contribution in [2.24, 2.45) is 16.8 Å². The maximum atomic E-state index is 4.39. The van der Waals surface area contributed by atoms with Gasteiger partial charge in [-0.2, -0.15) is 0 Å². The van der Waals surface area contributed by atoms with Crippen molar-refractivity contribution < 1.29 is 0 Å². The lowest BCUT2D eigenvalue weighted by Crippen LogP contribution is -2.15. The highest BCUT2D eigenvalue weighted by Crippen LogP contribution is 2.47. The van der Waals surface area contributed by atoms with Gasteiger partial charge < -0.3 is 0 Å². The molecule has 64 valence electrons. The minimum atomic E-state index is 0.807. The van der Waals surface area contributed by atoms with Crippen molar-refractivity contribution in [3.63, 3.8) is 0 Å². The van der Waals surface area contributed by atoms with E-state index in [4.69, 9.17) is 0 Å². The number of hydrogen-bond donors (Lipinski definition) is 0. The van der Waals surface area contributed by atoms with Gasteiger partial charge in [-0.1, -0.05) is 0 Å². The average molecular weight is 179 g/mol. The molecule has 2 unspecified atom stereocenters. The monoisotopic (exact) mass is 179 g/mol. The molecule has 0 bridgehead atoms. The highest BCUT2D eigenvalue weighted by atomic mass is 32.2. The fourth-order valence-corrected chi connectivity index (χ4v) is 4.03. The van der Waals surface area contributed by atoms with Crippen LogP contribution in [0.2, 0.25) is 0 Å². The van der Waals surface area contributed by atoms with Crippen LogP contribution in [0.15, 0.2) is 15.5 Å². The number of hydrogen-bond acceptors (Lipinski definition) is 2. The summed E-state index contributed by atoms with van der Waals surface area (Å²) in [6, 6.07) is 0. The van der Waals surface area contributed by atoms with E-state index in [1.165, 1.54) is 25.0 Å². The lowest BCUT2D eigenvalue weighted by Gasteiger charge is -2.24. The summed E-state index contributed by atoms with van der Waals surface area (Å²) in [5.41, 5.74) is 1.61. The topological polar surface area (TPSA) is 12.4 Å². The van der Waals surface area contributed by atoms with Crippen LogP contribution in [-0.2, 0) is 0 Å². The van der Waals surface area contributed by atoms with Gasteiger partial charge in [0.2, 0.25) is 0 Å². The molecule has 0 N–H and O–H groups in total. The molecule has 1 nitrogen and oxygen atoms in total. The van der Waals surface area contributed by atoms with Gasteiger partial charge in [-0.15, -0.1) is 11.8 Å². The fraction of sp³-hybridized carbons (Fsp3) is 0.700. The van der Waals surface area contributed by atoms with Crippen molar-refractivity contribution >= 4 is 18.0 Å². The van der Waals surface area contributed by atoms with Crippen molar-refractivity contribution in [1.82, 2.24) is 0 Å². The van der Waals surface area contributed by atoms with Gasteiger partial charge in [0.05, 0.1) is 0 Å². The van der Waals surface area contributed by atoms with Gasteiger partial charge in [0.1, 0.15) is 0 Å². The molecule has 12 heavy (non-hydrogen) atoms. The maximum absolute atomic E-state index is 4.39. The van der Waals surface area contributed by atoms with Gasteiger partial charge in [-0.25, -0.2) is 0 Å². The molecule has 0 spiro atoms. The van der Waals surface area contributed by atoms with Crippen LogP contribution in [0.4, 0.5) is 0 Å². The fourth-order valence-electron chi connectivity index (χ4n) is 2.55. The van der Waals surface area contributed by atoms with Crippen molar-refractivity contribution in [3.05, 3.63) is 10.5 Å². The lowest BCUT2D eigenvalue weighted by atomic mass is 9.83. The molecule has 0 radical (unpaired) electrons. The van der Waals surface area contributed by atoms with Crippen LogP contribution in [0.3, 0.4) is 0 Å². The van der Waals surface area contributed by atoms with Gasteiger partial charge in [-0.05, 0) is 41.4 Å². The van der Waals surface area contributed by atoms with E-state index in [1.54, 1.807) is 10.5 Å². The van der Waals surface area contributed by atoms with E-state index in [9.17, 15) is 0 Å². The molecule has 2 aliphatic heterocycles. The summed E-state index contributed by atoms with van der Waals surface area (Å²) in [6.07, 6.45) is 6.39. The van der Waals surface area contributed by atoms with Crippen LogP contribution in [0.25, 0.3) is 0 Å². The zero-order chi connectivity index (χ0) is 7.97. The number of allylic oxidation sites excluding steroid dienone is 1. The standard InChI is InChI=1S/C10H13NS/c1-2-8-5-11-6-9(8)10-7(1)3-4-12-10/h6-8H,1-5H2. The van der Waals surface area contributed by atoms with E-state index >= 15 is 0 Å². The summed E-state index contributed by atoms with van der Waals surface area (Å²) in [4.78, 5) is 6.09. The summed E-state index contributed by atoms with van der Waals surface area (Å²) in [7, 11) is 0. The van der Waals surface area contributed by atoms with E-state index in [-0.39, 0.29) is 0 Å². The Morgan fingerprint density at radius 3 is 3.17 bits per heavy atom. The number of aliphatic imine (C=N–C) groups is 1. The first kappa shape index (κ1) is 7.19. The average Bonchev–Trinajstić information content (AvgIpc) is 2.71. The first-order valence-electron chi connectivity index (χ1n) is 4.82. The highest BCUT2D eigenvalue weighted by molar-refractivity contribution is 8.03. The third kappa shape index (κ3) is 0.905. The molecular formula is C10H13NS. The van der Waals surface area contributed by atoms with Crippen molar-refractivity contribution in [2.45, 2.75) is 19.3 Å². The molecule has 0 amide bonds. The molecule has 3 rings (SSSR count). The van der Waals surface area contributed by atoms with Crippen LogP contribution in [0.5, 0.6) is 0 Å². The molecule has 1 fully saturated rings. The molecule has 0 aromatic carbocycles. The minimum Gasteiger partial charge on any atom is -0.292 e. The molecule has 2 heterocycles. The Balaban J connectivity index is 2.05. The summed E-state index contributed by atoms with van der Waals surface area (Å²) in [6.45, 7) is 1.08. The van der Waals surface area contributed by atoms with Gasteiger partial charge in [0, 0.05) is 18.7 Å². The van der Waals surface area contributed by atoms with Crippen molar-refractivity contribution in [2.75, 3.05) is 12.3 Å². The molecule has 1 aliphatic carbocycles. The van der Waals surface area contributed by atoms with E-state index in [0.717, 1.165) is 18.4 Å². The van der Waals surface area contributed by atoms with Gasteiger partial charge in [0.25, 0.3) is 0 Å². The Bertz CT molecular complexity index is 267. The number of rotatable bonds is 0. The Morgan fingerprint density at radius 2 is 2.17 bits per heavy atom. The van der Waals surface area contributed by atoms with Gasteiger partial charge >= 0.3 is 0 Å². The zero-order valence-corrected chi connectivity index (χ0v) is 7.94. The number of nitrogens with zero attached hydrogens (tertiary/aromatic N) is 1. The smallest absolute Gasteiger partial charge is 0.0458 e. The number of fused-ring (bicyclic) bond motifs is 2. The van der Waals surface area contributed by atoms with Gasteiger partial charge in [-0.3, -0.25) is 4.99 Å². The Hall–Kier alpha value is -0.240. The van der Waals surface area contributed by atoms with E-state index in [0.29, 0.717) is 0 Å². The predicted molar refractivity (Wildman–Crippen MR) is 53.7 cm³/mol. The Morgan fingerprint density at radius 1 is 1.25 bits per heavy atom. The molecule has 2 atom stereocenters. The molecule has 3 aliphatic rings. The second kappa shape index (κ2) is 2.63. The van der Waals surface area contributed by atoms with Crippen LogP contribution in [-0.4, -0.2) is 18.5 Å². The van der Waals surface area contributed by atoms with Crippen molar-refractivity contribution in [1.29, 1.82) is 0 Å². The predicted octanol–water partition coefficient (Wildman–Crippen LogP) is 2.49. The second-order valence-corrected chi connectivity index (χ2v) is 5.06. The maximum Gasteiger partial charge on any atom is 0.0458 e. The van der Waals surface area contributed by atoms with Crippen LogP contribution in [0.1, 0.15) is 19.3 Å². The first-order valence-corrected chi connectivity index (χ1v) is 5.80. The summed E-state index contributed by atoms with van der Waals surface area (Å²) in [5.74, 6) is 3.08. The normalized spacial score (nSPS) is 38.7. The SMILES string of the molecule is C1=NCC2CCC3CCSC3=C12. The highest BCUT2D eigenvalue weighted by Gasteiger charge is 2.33. The first-order chi connectivity index (χ1) is 5.95. The van der Waals surface area contributed by atoms with Crippen LogP contribution < -0.4 is 0 Å². The number of thioether (sulfide) groups is 1. The third-order valence-electron chi connectivity index (χ3n) is 3.24. The molecule has 0 saturated carbocycles. The third-order valence-corrected chi connectivity index (χ3v) is 4.56. The van der Waals surface area contributed by atoms with E-state index < -0.39 is 0 Å². The lowest BCUT2D eigenvalue weighted by molar-refractivity contribution is 0.456. The Labute approximate surface area is 77.3 Å². The molecule has 2 heteroatoms. The Kier molecular flexibility index (Phi) is 1.57. The largest absolute Gasteiger partial charge is 0.292 e. The quantitative estimate of drug-likeness (QED) is 0.556. The van der Waals surface area contributed by atoms with E-state index in [1.807, 2.05) is 0 Å². The van der Waals surface area contributed by atoms with Crippen LogP contribution >= 0.6 is 11.8 Å². The molecule has 0 aromatic heterocycles. The molecule has 0 aromatic rings. The summed E-state index contributed by atoms with van der Waals surface area (Å²) in [5, 5.41) is 0. The summed E-state index contributed by atoms with van der Waals surface area (Å²) < 4.78 is 0. The molecule has 1 saturated heterocycles.